The van der Waals surface area contributed by atoms with E-state index in [-0.39, 0.29) is 29.1 Å². The fourth-order valence-corrected chi connectivity index (χ4v) is 6.94. The number of carbonyl (C=O) groups excluding carboxylic acids is 2. The first-order valence-corrected chi connectivity index (χ1v) is 16.8. The number of rotatable bonds is 14. The molecule has 1 saturated carbocycles. The van der Waals surface area contributed by atoms with Gasteiger partial charge in [0.2, 0.25) is 11.8 Å². The zero-order valence-corrected chi connectivity index (χ0v) is 26.9. The molecular formula is C34H42FN3O6S. The van der Waals surface area contributed by atoms with E-state index in [1.807, 2.05) is 13.8 Å². The van der Waals surface area contributed by atoms with Crippen LogP contribution >= 0.6 is 0 Å². The molecule has 242 valence electrons. The van der Waals surface area contributed by atoms with Gasteiger partial charge in [0.15, 0.2) is 0 Å². The highest BCUT2D eigenvalue weighted by Crippen LogP contribution is 2.27. The Morgan fingerprint density at radius 3 is 2.11 bits per heavy atom. The van der Waals surface area contributed by atoms with Gasteiger partial charge in [-0.2, -0.15) is 0 Å². The standard InChI is InChI=1S/C34H42FN3O6S/c1-4-32(34(40)36-27-9-7-6-8-10-27)37(23-25-11-17-29(43-3)18-12-25)33(39)24-38(28-15-13-26(35)14-16-28)45(41,42)31-21-19-30(20-22-31)44-5-2/h11-22,27,32H,4-10,23-24H2,1-3H3,(H,36,40)/t32-/m1/s1. The number of benzene rings is 3. The lowest BCUT2D eigenvalue weighted by molar-refractivity contribution is -0.140. The topological polar surface area (TPSA) is 105 Å². The lowest BCUT2D eigenvalue weighted by atomic mass is 9.95. The van der Waals surface area contributed by atoms with Crippen molar-refractivity contribution in [3.8, 4) is 11.5 Å². The second-order valence-electron chi connectivity index (χ2n) is 11.0. The average Bonchev–Trinajstić information content (AvgIpc) is 3.05. The summed E-state index contributed by atoms with van der Waals surface area (Å²) in [6.45, 7) is 3.53. The van der Waals surface area contributed by atoms with E-state index in [2.05, 4.69) is 5.32 Å². The molecule has 3 aromatic carbocycles. The summed E-state index contributed by atoms with van der Waals surface area (Å²) in [5.41, 5.74) is 0.860. The number of methoxy groups -OCH3 is 1. The van der Waals surface area contributed by atoms with Gasteiger partial charge in [-0.05, 0) is 92.4 Å². The summed E-state index contributed by atoms with van der Waals surface area (Å²) in [5.74, 6) is -0.247. The molecule has 0 radical (unpaired) electrons. The van der Waals surface area contributed by atoms with E-state index in [0.717, 1.165) is 54.1 Å². The first-order chi connectivity index (χ1) is 21.7. The van der Waals surface area contributed by atoms with E-state index < -0.39 is 34.3 Å². The summed E-state index contributed by atoms with van der Waals surface area (Å²) in [7, 11) is -2.74. The summed E-state index contributed by atoms with van der Waals surface area (Å²) in [4.78, 5) is 29.3. The third-order valence-corrected chi connectivity index (χ3v) is 9.75. The number of nitrogens with one attached hydrogen (secondary N) is 1. The van der Waals surface area contributed by atoms with Crippen LogP contribution in [0.15, 0.2) is 77.7 Å². The van der Waals surface area contributed by atoms with Crippen LogP contribution in [0.2, 0.25) is 0 Å². The summed E-state index contributed by atoms with van der Waals surface area (Å²) >= 11 is 0. The van der Waals surface area contributed by atoms with Crippen molar-refractivity contribution < 1.29 is 31.9 Å². The number of halogens is 1. The van der Waals surface area contributed by atoms with Gasteiger partial charge in [-0.1, -0.05) is 38.3 Å². The van der Waals surface area contributed by atoms with Crippen molar-refractivity contribution in [2.24, 2.45) is 0 Å². The average molecular weight is 640 g/mol. The Hall–Kier alpha value is -4.12. The van der Waals surface area contributed by atoms with Crippen molar-refractivity contribution in [2.75, 3.05) is 24.6 Å². The molecule has 0 spiro atoms. The van der Waals surface area contributed by atoms with Gasteiger partial charge >= 0.3 is 0 Å². The number of carbonyl (C=O) groups is 2. The van der Waals surface area contributed by atoms with Crippen molar-refractivity contribution in [2.45, 2.75) is 75.9 Å². The first kappa shape index (κ1) is 33.8. The first-order valence-electron chi connectivity index (χ1n) is 15.4. The lowest BCUT2D eigenvalue weighted by Crippen LogP contribution is -2.54. The minimum Gasteiger partial charge on any atom is -0.497 e. The molecule has 45 heavy (non-hydrogen) atoms. The van der Waals surface area contributed by atoms with Crippen LogP contribution < -0.4 is 19.1 Å². The fraction of sp³-hybridized carbons (Fsp3) is 0.412. The van der Waals surface area contributed by atoms with Gasteiger partial charge in [0.1, 0.15) is 29.9 Å². The van der Waals surface area contributed by atoms with Crippen molar-refractivity contribution in [1.29, 1.82) is 0 Å². The number of hydrogen-bond acceptors (Lipinski definition) is 6. The largest absolute Gasteiger partial charge is 0.497 e. The molecule has 1 N–H and O–H groups in total. The summed E-state index contributed by atoms with van der Waals surface area (Å²) in [6, 6.07) is 17.1. The Balaban J connectivity index is 1.69. The van der Waals surface area contributed by atoms with Crippen molar-refractivity contribution in [3.63, 3.8) is 0 Å². The molecule has 3 aromatic rings. The number of anilines is 1. The van der Waals surface area contributed by atoms with Crippen molar-refractivity contribution in [1.82, 2.24) is 10.2 Å². The van der Waals surface area contributed by atoms with Crippen LogP contribution in [0.4, 0.5) is 10.1 Å². The maximum Gasteiger partial charge on any atom is 0.264 e. The molecule has 9 nitrogen and oxygen atoms in total. The van der Waals surface area contributed by atoms with Gasteiger partial charge in [0.05, 0.1) is 24.3 Å². The van der Waals surface area contributed by atoms with Gasteiger partial charge in [-0.15, -0.1) is 0 Å². The second kappa shape index (κ2) is 15.7. The van der Waals surface area contributed by atoms with Crippen LogP contribution in [0, 0.1) is 5.82 Å². The second-order valence-corrected chi connectivity index (χ2v) is 12.9. The highest BCUT2D eigenvalue weighted by atomic mass is 32.2. The molecule has 4 rings (SSSR count). The highest BCUT2D eigenvalue weighted by molar-refractivity contribution is 7.92. The minimum atomic E-state index is -4.29. The normalized spacial score (nSPS) is 14.3. The molecule has 0 bridgehead atoms. The Bertz CT molecular complexity index is 1510. The number of hydrogen-bond donors (Lipinski definition) is 1. The van der Waals surface area contributed by atoms with E-state index in [9.17, 15) is 22.4 Å². The molecule has 1 aliphatic rings. The quantitative estimate of drug-likeness (QED) is 0.243. The van der Waals surface area contributed by atoms with Crippen LogP contribution in [0.25, 0.3) is 0 Å². The van der Waals surface area contributed by atoms with Crippen LogP contribution in [0.5, 0.6) is 11.5 Å². The van der Waals surface area contributed by atoms with Crippen LogP contribution in [0.1, 0.15) is 57.9 Å². The molecule has 2 amide bonds. The number of amides is 2. The molecule has 1 aliphatic carbocycles. The smallest absolute Gasteiger partial charge is 0.264 e. The van der Waals surface area contributed by atoms with Gasteiger partial charge in [-0.3, -0.25) is 13.9 Å². The predicted molar refractivity (Wildman–Crippen MR) is 171 cm³/mol. The maximum atomic E-state index is 14.3. The van der Waals surface area contributed by atoms with Gasteiger partial charge in [0, 0.05) is 12.6 Å². The number of ether oxygens (including phenoxy) is 2. The molecule has 1 fully saturated rings. The third kappa shape index (κ3) is 8.75. The minimum absolute atomic E-state index is 0.0361. The molecule has 1 atom stereocenters. The summed E-state index contributed by atoms with van der Waals surface area (Å²) in [5, 5.41) is 3.13. The van der Waals surface area contributed by atoms with Gasteiger partial charge in [-0.25, -0.2) is 12.8 Å². The van der Waals surface area contributed by atoms with Crippen LogP contribution in [-0.4, -0.2) is 57.5 Å². The van der Waals surface area contributed by atoms with E-state index in [1.165, 1.54) is 29.2 Å². The molecule has 0 heterocycles. The zero-order chi connectivity index (χ0) is 32.4. The Kier molecular flexibility index (Phi) is 11.8. The molecule has 0 saturated heterocycles. The van der Waals surface area contributed by atoms with E-state index in [4.69, 9.17) is 9.47 Å². The zero-order valence-electron chi connectivity index (χ0n) is 26.1. The lowest BCUT2D eigenvalue weighted by Gasteiger charge is -2.34. The van der Waals surface area contributed by atoms with Crippen LogP contribution in [-0.2, 0) is 26.2 Å². The monoisotopic (exact) mass is 639 g/mol. The number of nitrogens with zero attached hydrogens (tertiary/aromatic N) is 2. The van der Waals surface area contributed by atoms with Crippen LogP contribution in [0.3, 0.4) is 0 Å². The van der Waals surface area contributed by atoms with E-state index in [0.29, 0.717) is 24.5 Å². The SMILES string of the molecule is CCOc1ccc(S(=O)(=O)N(CC(=O)N(Cc2ccc(OC)cc2)[C@H](CC)C(=O)NC2CCCCC2)c2ccc(F)cc2)cc1. The summed E-state index contributed by atoms with van der Waals surface area (Å²) in [6.07, 6.45) is 5.29. The van der Waals surface area contributed by atoms with Gasteiger partial charge in [0.25, 0.3) is 10.0 Å². The Labute approximate surface area is 265 Å². The van der Waals surface area contributed by atoms with E-state index in [1.54, 1.807) is 43.5 Å². The molecule has 0 aromatic heterocycles. The van der Waals surface area contributed by atoms with Crippen molar-refractivity contribution in [3.05, 3.63) is 84.2 Å². The van der Waals surface area contributed by atoms with E-state index >= 15 is 0 Å². The Morgan fingerprint density at radius 2 is 1.53 bits per heavy atom. The Morgan fingerprint density at radius 1 is 0.911 bits per heavy atom. The molecule has 0 aliphatic heterocycles. The molecule has 11 heteroatoms. The summed E-state index contributed by atoms with van der Waals surface area (Å²) < 4.78 is 53.7. The molecule has 0 unspecified atom stereocenters. The highest BCUT2D eigenvalue weighted by Gasteiger charge is 2.34. The maximum absolute atomic E-state index is 14.3. The third-order valence-electron chi connectivity index (χ3n) is 7.97. The predicted octanol–water partition coefficient (Wildman–Crippen LogP) is 5.68. The van der Waals surface area contributed by atoms with Gasteiger partial charge < -0.3 is 19.7 Å². The van der Waals surface area contributed by atoms with Crippen molar-refractivity contribution >= 4 is 27.5 Å². The molecular weight excluding hydrogens is 597 g/mol. The fourth-order valence-electron chi connectivity index (χ4n) is 5.53. The number of sulfonamides is 1.